The molecule has 0 saturated carbocycles. The molecule has 152 valence electrons. The minimum Gasteiger partial charge on any atom is -0.379 e. The second-order valence-electron chi connectivity index (χ2n) is 7.76. The molecule has 0 N–H and O–H groups in total. The second-order valence-corrected chi connectivity index (χ2v) is 7.76. The highest BCUT2D eigenvalue weighted by Crippen LogP contribution is 2.30. The fourth-order valence-corrected chi connectivity index (χ4v) is 3.70. The molecule has 1 aromatic carbocycles. The molecular formula is C23H29N5O. The molecular weight excluding hydrogens is 362 g/mol. The van der Waals surface area contributed by atoms with Gasteiger partial charge in [0.05, 0.1) is 36.6 Å². The fourth-order valence-electron chi connectivity index (χ4n) is 3.70. The molecule has 1 saturated heterocycles. The number of ether oxygens (including phenoxy) is 1. The minimum absolute atomic E-state index is 0.285. The molecule has 0 spiro atoms. The lowest BCUT2D eigenvalue weighted by atomic mass is 10.1. The van der Waals surface area contributed by atoms with Gasteiger partial charge in [-0.3, -0.25) is 4.90 Å². The number of morpholine rings is 1. The van der Waals surface area contributed by atoms with Gasteiger partial charge in [0.25, 0.3) is 0 Å². The van der Waals surface area contributed by atoms with E-state index < -0.39 is 0 Å². The van der Waals surface area contributed by atoms with E-state index in [0.717, 1.165) is 74.3 Å². The van der Waals surface area contributed by atoms with Crippen LogP contribution in [0.2, 0.25) is 0 Å². The lowest BCUT2D eigenvalue weighted by molar-refractivity contribution is 0.0369. The quantitative estimate of drug-likeness (QED) is 0.612. The molecule has 4 rings (SSSR count). The summed E-state index contributed by atoms with van der Waals surface area (Å²) in [5, 5.41) is 0. The molecule has 1 aliphatic rings. The van der Waals surface area contributed by atoms with Crippen LogP contribution >= 0.6 is 0 Å². The summed E-state index contributed by atoms with van der Waals surface area (Å²) in [4.78, 5) is 16.5. The van der Waals surface area contributed by atoms with Gasteiger partial charge in [-0.2, -0.15) is 0 Å². The predicted octanol–water partition coefficient (Wildman–Crippen LogP) is 3.85. The first kappa shape index (κ1) is 19.7. The Morgan fingerprint density at radius 3 is 2.55 bits per heavy atom. The average Bonchev–Trinajstić information content (AvgIpc) is 3.19. The molecule has 0 aliphatic carbocycles. The van der Waals surface area contributed by atoms with E-state index >= 15 is 0 Å². The van der Waals surface area contributed by atoms with Crippen molar-refractivity contribution in [2.45, 2.75) is 32.7 Å². The summed E-state index contributed by atoms with van der Waals surface area (Å²) in [7, 11) is 0. The standard InChI is InChI=1S/C23H29N5O/c1-18(2)23-24-10-9-20(26-23)22-21(19-7-4-3-5-8-19)25-17-28(22)12-6-11-27-13-15-29-16-14-27/h3-5,7-10,17-18H,6,11-16H2,1-2H3. The van der Waals surface area contributed by atoms with Crippen molar-refractivity contribution in [2.75, 3.05) is 32.8 Å². The van der Waals surface area contributed by atoms with Gasteiger partial charge in [-0.25, -0.2) is 15.0 Å². The third-order valence-corrected chi connectivity index (χ3v) is 5.30. The Hall–Kier alpha value is -2.57. The molecule has 0 atom stereocenters. The van der Waals surface area contributed by atoms with Crippen molar-refractivity contribution in [3.63, 3.8) is 0 Å². The van der Waals surface area contributed by atoms with Crippen LogP contribution in [-0.4, -0.2) is 57.3 Å². The molecule has 0 amide bonds. The summed E-state index contributed by atoms with van der Waals surface area (Å²) in [6.45, 7) is 9.95. The van der Waals surface area contributed by atoms with E-state index in [4.69, 9.17) is 14.7 Å². The second kappa shape index (κ2) is 9.29. The summed E-state index contributed by atoms with van der Waals surface area (Å²) in [5.41, 5.74) is 4.10. The molecule has 29 heavy (non-hydrogen) atoms. The number of rotatable bonds is 7. The smallest absolute Gasteiger partial charge is 0.131 e. The topological polar surface area (TPSA) is 56.1 Å². The SMILES string of the molecule is CC(C)c1nccc(-c2c(-c3ccccc3)ncn2CCCN2CCOCC2)n1. The van der Waals surface area contributed by atoms with E-state index in [-0.39, 0.29) is 5.92 Å². The van der Waals surface area contributed by atoms with E-state index in [1.807, 2.05) is 24.7 Å². The first-order valence-electron chi connectivity index (χ1n) is 10.5. The maximum atomic E-state index is 5.45. The monoisotopic (exact) mass is 391 g/mol. The van der Waals surface area contributed by atoms with Crippen LogP contribution in [0.25, 0.3) is 22.6 Å². The van der Waals surface area contributed by atoms with Gasteiger partial charge >= 0.3 is 0 Å². The van der Waals surface area contributed by atoms with Gasteiger partial charge in [0.15, 0.2) is 0 Å². The molecule has 0 radical (unpaired) electrons. The highest BCUT2D eigenvalue weighted by Gasteiger charge is 2.18. The van der Waals surface area contributed by atoms with Gasteiger partial charge in [-0.05, 0) is 12.5 Å². The van der Waals surface area contributed by atoms with Crippen molar-refractivity contribution in [3.05, 3.63) is 54.7 Å². The van der Waals surface area contributed by atoms with Gasteiger partial charge in [0.1, 0.15) is 5.82 Å². The number of nitrogens with zero attached hydrogens (tertiary/aromatic N) is 5. The number of aryl methyl sites for hydroxylation is 1. The number of hydrogen-bond donors (Lipinski definition) is 0. The Kier molecular flexibility index (Phi) is 6.32. The zero-order valence-corrected chi connectivity index (χ0v) is 17.3. The first-order valence-corrected chi connectivity index (χ1v) is 10.5. The van der Waals surface area contributed by atoms with Gasteiger partial charge < -0.3 is 9.30 Å². The third kappa shape index (κ3) is 4.71. The maximum absolute atomic E-state index is 5.45. The van der Waals surface area contributed by atoms with Gasteiger partial charge in [-0.15, -0.1) is 0 Å². The number of aromatic nitrogens is 4. The summed E-state index contributed by atoms with van der Waals surface area (Å²) >= 11 is 0. The third-order valence-electron chi connectivity index (χ3n) is 5.30. The van der Waals surface area contributed by atoms with Crippen molar-refractivity contribution < 1.29 is 4.74 Å². The molecule has 6 nitrogen and oxygen atoms in total. The van der Waals surface area contributed by atoms with Crippen LogP contribution in [-0.2, 0) is 11.3 Å². The van der Waals surface area contributed by atoms with Gasteiger partial charge in [0, 0.05) is 43.9 Å². The van der Waals surface area contributed by atoms with Crippen LogP contribution in [0.15, 0.2) is 48.9 Å². The highest BCUT2D eigenvalue weighted by molar-refractivity contribution is 5.76. The first-order chi connectivity index (χ1) is 14.2. The van der Waals surface area contributed by atoms with Crippen molar-refractivity contribution >= 4 is 0 Å². The number of benzene rings is 1. The predicted molar refractivity (Wildman–Crippen MR) is 115 cm³/mol. The summed E-state index contributed by atoms with van der Waals surface area (Å²) < 4.78 is 7.70. The van der Waals surface area contributed by atoms with Crippen LogP contribution < -0.4 is 0 Å². The van der Waals surface area contributed by atoms with Crippen LogP contribution in [0.4, 0.5) is 0 Å². The minimum atomic E-state index is 0.285. The van der Waals surface area contributed by atoms with E-state index in [1.54, 1.807) is 0 Å². The van der Waals surface area contributed by atoms with Crippen LogP contribution in [0.3, 0.4) is 0 Å². The number of imidazole rings is 1. The summed E-state index contributed by atoms with van der Waals surface area (Å²) in [6.07, 6.45) is 4.88. The lowest BCUT2D eigenvalue weighted by Crippen LogP contribution is -2.37. The van der Waals surface area contributed by atoms with Gasteiger partial charge in [-0.1, -0.05) is 44.2 Å². The highest BCUT2D eigenvalue weighted by atomic mass is 16.5. The molecule has 0 bridgehead atoms. The molecule has 2 aromatic heterocycles. The Labute approximate surface area is 172 Å². The van der Waals surface area contributed by atoms with E-state index in [2.05, 4.69) is 52.6 Å². The zero-order valence-electron chi connectivity index (χ0n) is 17.3. The Balaban J connectivity index is 1.63. The molecule has 0 unspecified atom stereocenters. The summed E-state index contributed by atoms with van der Waals surface area (Å²) in [6, 6.07) is 12.3. The van der Waals surface area contributed by atoms with Crippen LogP contribution in [0.5, 0.6) is 0 Å². The van der Waals surface area contributed by atoms with Gasteiger partial charge in [0.2, 0.25) is 0 Å². The van der Waals surface area contributed by atoms with Crippen molar-refractivity contribution in [2.24, 2.45) is 0 Å². The summed E-state index contributed by atoms with van der Waals surface area (Å²) in [5.74, 6) is 1.15. The number of hydrogen-bond acceptors (Lipinski definition) is 5. The molecule has 1 fully saturated rings. The normalized spacial score (nSPS) is 15.1. The fraction of sp³-hybridized carbons (Fsp3) is 0.435. The largest absolute Gasteiger partial charge is 0.379 e. The Morgan fingerprint density at radius 1 is 1.00 bits per heavy atom. The lowest BCUT2D eigenvalue weighted by Gasteiger charge is -2.26. The van der Waals surface area contributed by atoms with E-state index in [9.17, 15) is 0 Å². The van der Waals surface area contributed by atoms with Crippen molar-refractivity contribution in [3.8, 4) is 22.6 Å². The van der Waals surface area contributed by atoms with E-state index in [0.29, 0.717) is 0 Å². The van der Waals surface area contributed by atoms with Crippen molar-refractivity contribution in [1.29, 1.82) is 0 Å². The van der Waals surface area contributed by atoms with Crippen molar-refractivity contribution in [1.82, 2.24) is 24.4 Å². The molecule has 3 aromatic rings. The molecule has 3 heterocycles. The van der Waals surface area contributed by atoms with Crippen LogP contribution in [0.1, 0.15) is 32.0 Å². The van der Waals surface area contributed by atoms with E-state index in [1.165, 1.54) is 0 Å². The Morgan fingerprint density at radius 2 is 1.79 bits per heavy atom. The molecule has 6 heteroatoms. The molecule has 1 aliphatic heterocycles. The average molecular weight is 392 g/mol. The maximum Gasteiger partial charge on any atom is 0.131 e. The van der Waals surface area contributed by atoms with Crippen LogP contribution in [0, 0.1) is 0 Å². The zero-order chi connectivity index (χ0) is 20.1. The Bertz CT molecular complexity index is 916.